The van der Waals surface area contributed by atoms with Crippen LogP contribution in [0.3, 0.4) is 0 Å². The molecule has 1 aliphatic rings. The molecule has 180 valence electrons. The number of β-amino-alcohol motifs (C(OH)–C–C–N with tert-alkyl or cyclic N) is 1. The average molecular weight is 473 g/mol. The highest BCUT2D eigenvalue weighted by Gasteiger charge is 2.29. The molecule has 3 rings (SSSR count). The van der Waals surface area contributed by atoms with Gasteiger partial charge in [-0.1, -0.05) is 36.4 Å². The van der Waals surface area contributed by atoms with Gasteiger partial charge < -0.3 is 15.2 Å². The first-order valence-electron chi connectivity index (χ1n) is 11.6. The number of aliphatic hydroxyl groups is 1. The number of aliphatic hydroxyl groups excluding tert-OH is 1. The Morgan fingerprint density at radius 2 is 1.73 bits per heavy atom. The second-order valence-corrected chi connectivity index (χ2v) is 11.8. The van der Waals surface area contributed by atoms with Crippen LogP contribution in [-0.2, 0) is 34.1 Å². The lowest BCUT2D eigenvalue weighted by atomic mass is 9.88. The van der Waals surface area contributed by atoms with E-state index in [0.29, 0.717) is 25.3 Å². The molecule has 0 saturated carbocycles. The number of carbonyl (C=O) groups is 1. The number of aldehydes is 1. The van der Waals surface area contributed by atoms with E-state index in [1.165, 1.54) is 22.5 Å². The Labute approximate surface area is 198 Å². The van der Waals surface area contributed by atoms with Crippen molar-refractivity contribution in [2.24, 2.45) is 5.92 Å². The topological polar surface area (TPSA) is 86.7 Å². The molecule has 2 aromatic rings. The molecule has 0 aliphatic heterocycles. The molecule has 0 unspecified atom stereocenters. The van der Waals surface area contributed by atoms with Gasteiger partial charge in [0.15, 0.2) is 0 Å². The molecule has 33 heavy (non-hydrogen) atoms. The highest BCUT2D eigenvalue weighted by Crippen LogP contribution is 2.31. The lowest BCUT2D eigenvalue weighted by molar-refractivity contribution is -0.107. The van der Waals surface area contributed by atoms with Crippen LogP contribution in [0.1, 0.15) is 43.4 Å². The third-order valence-electron chi connectivity index (χ3n) is 6.40. The first-order chi connectivity index (χ1) is 15.6. The SMILES string of the molecule is CN(C[C@H](O)CNC(C)(C)CC1Cc2ccccc2C1)S(=O)(=O)c1ccc(CCC=O)cc1. The van der Waals surface area contributed by atoms with Gasteiger partial charge >= 0.3 is 0 Å². The quantitative estimate of drug-likeness (QED) is 0.464. The summed E-state index contributed by atoms with van der Waals surface area (Å²) in [4.78, 5) is 10.7. The van der Waals surface area contributed by atoms with Crippen molar-refractivity contribution < 1.29 is 18.3 Å². The summed E-state index contributed by atoms with van der Waals surface area (Å²) >= 11 is 0. The van der Waals surface area contributed by atoms with E-state index in [1.54, 1.807) is 24.3 Å². The summed E-state index contributed by atoms with van der Waals surface area (Å²) in [5.41, 5.74) is 3.62. The van der Waals surface area contributed by atoms with E-state index in [2.05, 4.69) is 43.4 Å². The van der Waals surface area contributed by atoms with Crippen molar-refractivity contribution in [2.45, 2.75) is 62.5 Å². The number of nitrogens with one attached hydrogen (secondary N) is 1. The van der Waals surface area contributed by atoms with Crippen molar-refractivity contribution in [3.63, 3.8) is 0 Å². The Balaban J connectivity index is 1.49. The number of hydrogen-bond acceptors (Lipinski definition) is 5. The Hall–Kier alpha value is -2.06. The third-order valence-corrected chi connectivity index (χ3v) is 8.24. The molecule has 2 N–H and O–H groups in total. The van der Waals surface area contributed by atoms with Crippen LogP contribution in [-0.4, -0.2) is 55.9 Å². The second kappa shape index (κ2) is 10.9. The second-order valence-electron chi connectivity index (χ2n) is 9.80. The first kappa shape index (κ1) is 25.6. The van der Waals surface area contributed by atoms with Crippen molar-refractivity contribution in [3.05, 3.63) is 65.2 Å². The van der Waals surface area contributed by atoms with Crippen LogP contribution < -0.4 is 5.32 Å². The molecule has 0 amide bonds. The van der Waals surface area contributed by atoms with E-state index in [0.717, 1.165) is 31.1 Å². The Bertz CT molecular complexity index is 1010. The van der Waals surface area contributed by atoms with Gasteiger partial charge in [0, 0.05) is 32.1 Å². The van der Waals surface area contributed by atoms with Crippen molar-refractivity contribution in [2.75, 3.05) is 20.1 Å². The van der Waals surface area contributed by atoms with Gasteiger partial charge in [-0.05, 0) is 74.3 Å². The van der Waals surface area contributed by atoms with Crippen LogP contribution in [0.5, 0.6) is 0 Å². The van der Waals surface area contributed by atoms with Gasteiger partial charge in [-0.25, -0.2) is 8.42 Å². The molecule has 1 atom stereocenters. The van der Waals surface area contributed by atoms with Gasteiger partial charge in [0.25, 0.3) is 0 Å². The Kier molecular flexibility index (Phi) is 8.45. The molecular weight excluding hydrogens is 436 g/mol. The number of aryl methyl sites for hydroxylation is 1. The van der Waals surface area contributed by atoms with Gasteiger partial charge in [0.2, 0.25) is 10.0 Å². The minimum Gasteiger partial charge on any atom is -0.390 e. The van der Waals surface area contributed by atoms with Gasteiger partial charge in [0.1, 0.15) is 6.29 Å². The van der Waals surface area contributed by atoms with Crippen LogP contribution >= 0.6 is 0 Å². The number of hydrogen-bond donors (Lipinski definition) is 2. The molecule has 2 aromatic carbocycles. The van der Waals surface area contributed by atoms with Crippen LogP contribution in [0, 0.1) is 5.92 Å². The van der Waals surface area contributed by atoms with E-state index < -0.39 is 16.1 Å². The highest BCUT2D eigenvalue weighted by molar-refractivity contribution is 7.89. The molecule has 0 heterocycles. The van der Waals surface area contributed by atoms with E-state index in [9.17, 15) is 18.3 Å². The van der Waals surface area contributed by atoms with Crippen LogP contribution in [0.15, 0.2) is 53.4 Å². The lowest BCUT2D eigenvalue weighted by Crippen LogP contribution is -2.47. The fourth-order valence-corrected chi connectivity index (χ4v) is 5.88. The number of benzene rings is 2. The molecule has 7 heteroatoms. The number of rotatable bonds is 12. The Morgan fingerprint density at radius 3 is 2.30 bits per heavy atom. The van der Waals surface area contributed by atoms with E-state index in [4.69, 9.17) is 0 Å². The first-order valence-corrected chi connectivity index (χ1v) is 13.0. The summed E-state index contributed by atoms with van der Waals surface area (Å²) in [5, 5.41) is 14.0. The zero-order valence-electron chi connectivity index (χ0n) is 19.8. The molecule has 0 saturated heterocycles. The Morgan fingerprint density at radius 1 is 1.12 bits per heavy atom. The van der Waals surface area contributed by atoms with E-state index in [1.807, 2.05) is 0 Å². The summed E-state index contributed by atoms with van der Waals surface area (Å²) in [7, 11) is -2.21. The fraction of sp³-hybridized carbons (Fsp3) is 0.500. The van der Waals surface area contributed by atoms with Crippen molar-refractivity contribution >= 4 is 16.3 Å². The number of carbonyl (C=O) groups excluding carboxylic acids is 1. The normalized spacial score (nSPS) is 15.5. The maximum atomic E-state index is 12.9. The maximum absolute atomic E-state index is 12.9. The summed E-state index contributed by atoms with van der Waals surface area (Å²) in [6.45, 7) is 4.59. The largest absolute Gasteiger partial charge is 0.390 e. The molecule has 0 aromatic heterocycles. The van der Waals surface area contributed by atoms with Gasteiger partial charge in [0.05, 0.1) is 11.0 Å². The summed E-state index contributed by atoms with van der Waals surface area (Å²) in [6, 6.07) is 15.2. The van der Waals surface area contributed by atoms with Crippen molar-refractivity contribution in [1.82, 2.24) is 9.62 Å². The fourth-order valence-electron chi connectivity index (χ4n) is 4.68. The smallest absolute Gasteiger partial charge is 0.242 e. The maximum Gasteiger partial charge on any atom is 0.242 e. The van der Waals surface area contributed by atoms with Gasteiger partial charge in [-0.3, -0.25) is 0 Å². The number of likely N-dealkylation sites (N-methyl/N-ethyl adjacent to an activating group) is 1. The number of nitrogens with zero attached hydrogens (tertiary/aromatic N) is 1. The van der Waals surface area contributed by atoms with Crippen LogP contribution in [0.4, 0.5) is 0 Å². The van der Waals surface area contributed by atoms with Crippen molar-refractivity contribution in [3.8, 4) is 0 Å². The van der Waals surface area contributed by atoms with Crippen LogP contribution in [0.2, 0.25) is 0 Å². The van der Waals surface area contributed by atoms with Gasteiger partial charge in [-0.15, -0.1) is 0 Å². The van der Waals surface area contributed by atoms with Crippen molar-refractivity contribution in [1.29, 1.82) is 0 Å². The average Bonchev–Trinajstić information content (AvgIpc) is 3.18. The molecular formula is C26H36N2O4S. The molecule has 0 radical (unpaired) electrons. The van der Waals surface area contributed by atoms with E-state index >= 15 is 0 Å². The monoisotopic (exact) mass is 472 g/mol. The molecule has 1 aliphatic carbocycles. The highest BCUT2D eigenvalue weighted by atomic mass is 32.2. The molecule has 6 nitrogen and oxygen atoms in total. The predicted molar refractivity (Wildman–Crippen MR) is 131 cm³/mol. The summed E-state index contributed by atoms with van der Waals surface area (Å²) in [5.74, 6) is 0.569. The summed E-state index contributed by atoms with van der Waals surface area (Å²) in [6.07, 6.45) is 4.18. The summed E-state index contributed by atoms with van der Waals surface area (Å²) < 4.78 is 26.9. The standard InChI is InChI=1S/C26H36N2O4S/c1-26(2,17-21-15-22-8-4-5-9-23(22)16-21)27-18-24(30)19-28(3)33(31,32)25-12-10-20(11-13-25)7-6-14-29/h4-5,8-14,21,24,27,30H,6-7,15-19H2,1-3H3/t24-/m1/s1. The number of sulfonamides is 1. The minimum atomic E-state index is -3.70. The molecule has 0 spiro atoms. The van der Waals surface area contributed by atoms with E-state index in [-0.39, 0.29) is 17.0 Å². The van der Waals surface area contributed by atoms with Gasteiger partial charge in [-0.2, -0.15) is 4.31 Å². The van der Waals surface area contributed by atoms with Crippen LogP contribution in [0.25, 0.3) is 0 Å². The molecule has 0 fully saturated rings. The predicted octanol–water partition coefficient (Wildman–Crippen LogP) is 2.97. The lowest BCUT2D eigenvalue weighted by Gasteiger charge is -2.31. The molecule has 0 bridgehead atoms. The zero-order valence-corrected chi connectivity index (χ0v) is 20.6. The zero-order chi connectivity index (χ0) is 24.1. The third kappa shape index (κ3) is 6.96. The number of fused-ring (bicyclic) bond motifs is 1. The minimum absolute atomic E-state index is 0.00712.